The molecule has 0 radical (unpaired) electrons. The molecule has 3 rings (SSSR count). The van der Waals surface area contributed by atoms with Crippen molar-refractivity contribution in [2.75, 3.05) is 6.54 Å². The lowest BCUT2D eigenvalue weighted by molar-refractivity contribution is -0.287. The van der Waals surface area contributed by atoms with E-state index in [1.165, 1.54) is 6.07 Å². The van der Waals surface area contributed by atoms with Crippen molar-refractivity contribution in [2.24, 2.45) is 5.73 Å². The average Bonchev–Trinajstić information content (AvgIpc) is 2.52. The molecule has 17 heavy (non-hydrogen) atoms. The number of halogens is 2. The number of hydrogen-bond donors (Lipinski definition) is 1. The van der Waals surface area contributed by atoms with Crippen LogP contribution in [0.5, 0.6) is 11.5 Å². The Labute approximate surface area is 97.5 Å². The molecule has 0 aromatic heterocycles. The highest BCUT2D eigenvalue weighted by Gasteiger charge is 2.48. The first-order valence-electron chi connectivity index (χ1n) is 5.66. The zero-order chi connectivity index (χ0) is 12.1. The van der Waals surface area contributed by atoms with E-state index < -0.39 is 6.29 Å². The van der Waals surface area contributed by atoms with E-state index >= 15 is 0 Å². The SMILES string of the molecule is NCC1(c2cccc3c2OC(F)(F)O3)CCC1. The number of ether oxygens (including phenoxy) is 2. The summed E-state index contributed by atoms with van der Waals surface area (Å²) in [5.74, 6) is 0.259. The first-order valence-corrected chi connectivity index (χ1v) is 5.66. The van der Waals surface area contributed by atoms with E-state index in [9.17, 15) is 8.78 Å². The lowest BCUT2D eigenvalue weighted by Crippen LogP contribution is -2.41. The highest BCUT2D eigenvalue weighted by molar-refractivity contribution is 5.53. The molecule has 1 aliphatic heterocycles. The minimum Gasteiger partial charge on any atom is -0.395 e. The number of fused-ring (bicyclic) bond motifs is 1. The van der Waals surface area contributed by atoms with E-state index in [0.717, 1.165) is 24.8 Å². The zero-order valence-electron chi connectivity index (χ0n) is 9.21. The van der Waals surface area contributed by atoms with Gasteiger partial charge in [-0.2, -0.15) is 0 Å². The summed E-state index contributed by atoms with van der Waals surface area (Å²) in [5.41, 5.74) is 6.32. The van der Waals surface area contributed by atoms with Gasteiger partial charge in [-0.3, -0.25) is 0 Å². The molecular formula is C12H13F2NO2. The Kier molecular flexibility index (Phi) is 2.10. The summed E-state index contributed by atoms with van der Waals surface area (Å²) < 4.78 is 35.2. The largest absolute Gasteiger partial charge is 0.586 e. The van der Waals surface area contributed by atoms with Gasteiger partial charge in [-0.1, -0.05) is 18.6 Å². The van der Waals surface area contributed by atoms with Crippen LogP contribution in [0.2, 0.25) is 0 Å². The summed E-state index contributed by atoms with van der Waals surface area (Å²) in [6.07, 6.45) is -0.667. The highest BCUT2D eigenvalue weighted by atomic mass is 19.3. The highest BCUT2D eigenvalue weighted by Crippen LogP contribution is 2.52. The van der Waals surface area contributed by atoms with Crippen molar-refractivity contribution in [3.05, 3.63) is 23.8 Å². The molecule has 5 heteroatoms. The Morgan fingerprint density at radius 2 is 2.00 bits per heavy atom. The van der Waals surface area contributed by atoms with E-state index in [1.54, 1.807) is 12.1 Å². The summed E-state index contributed by atoms with van der Waals surface area (Å²) in [5, 5.41) is 0. The maximum absolute atomic E-state index is 13.1. The minimum absolute atomic E-state index is 0.104. The Balaban J connectivity index is 2.06. The summed E-state index contributed by atoms with van der Waals surface area (Å²) >= 11 is 0. The Bertz CT molecular complexity index is 452. The van der Waals surface area contributed by atoms with Crippen LogP contribution < -0.4 is 15.2 Å². The molecule has 1 saturated carbocycles. The van der Waals surface area contributed by atoms with Crippen LogP contribution in [-0.4, -0.2) is 12.8 Å². The van der Waals surface area contributed by atoms with Crippen molar-refractivity contribution in [1.29, 1.82) is 0 Å². The Morgan fingerprint density at radius 3 is 2.59 bits per heavy atom. The van der Waals surface area contributed by atoms with Gasteiger partial charge in [0.05, 0.1) is 0 Å². The maximum atomic E-state index is 13.1. The van der Waals surface area contributed by atoms with Gasteiger partial charge in [0.2, 0.25) is 0 Å². The van der Waals surface area contributed by atoms with Gasteiger partial charge >= 0.3 is 6.29 Å². The van der Waals surface area contributed by atoms with Crippen molar-refractivity contribution in [2.45, 2.75) is 31.0 Å². The molecule has 2 N–H and O–H groups in total. The first-order chi connectivity index (χ1) is 8.06. The molecule has 92 valence electrons. The second-order valence-electron chi connectivity index (χ2n) is 4.64. The smallest absolute Gasteiger partial charge is 0.395 e. The van der Waals surface area contributed by atoms with Crippen LogP contribution in [0.4, 0.5) is 8.78 Å². The topological polar surface area (TPSA) is 44.5 Å². The van der Waals surface area contributed by atoms with Gasteiger partial charge in [0.1, 0.15) is 0 Å². The summed E-state index contributed by atoms with van der Waals surface area (Å²) in [6.45, 7) is 0.443. The predicted octanol–water partition coefficient (Wildman–Crippen LogP) is 2.39. The fraction of sp³-hybridized carbons (Fsp3) is 0.500. The normalized spacial score (nSPS) is 23.2. The predicted molar refractivity (Wildman–Crippen MR) is 57.2 cm³/mol. The van der Waals surface area contributed by atoms with Gasteiger partial charge in [-0.15, -0.1) is 8.78 Å². The van der Waals surface area contributed by atoms with Crippen LogP contribution in [0.15, 0.2) is 18.2 Å². The van der Waals surface area contributed by atoms with Crippen LogP contribution >= 0.6 is 0 Å². The van der Waals surface area contributed by atoms with Crippen molar-refractivity contribution in [3.8, 4) is 11.5 Å². The quantitative estimate of drug-likeness (QED) is 0.864. The second-order valence-corrected chi connectivity index (χ2v) is 4.64. The number of alkyl halides is 2. The van der Waals surface area contributed by atoms with Gasteiger partial charge in [0.15, 0.2) is 11.5 Å². The molecular weight excluding hydrogens is 228 g/mol. The molecule has 1 aliphatic carbocycles. The van der Waals surface area contributed by atoms with Crippen LogP contribution in [0.3, 0.4) is 0 Å². The van der Waals surface area contributed by atoms with Crippen LogP contribution in [0.1, 0.15) is 24.8 Å². The fourth-order valence-electron chi connectivity index (χ4n) is 2.57. The van der Waals surface area contributed by atoms with Gasteiger partial charge in [0.25, 0.3) is 0 Å². The number of hydrogen-bond acceptors (Lipinski definition) is 3. The molecule has 1 aromatic carbocycles. The number of nitrogens with two attached hydrogens (primary N) is 1. The molecule has 0 saturated heterocycles. The van der Waals surface area contributed by atoms with Crippen molar-refractivity contribution in [3.63, 3.8) is 0 Å². The Hall–Kier alpha value is -1.36. The van der Waals surface area contributed by atoms with Crippen molar-refractivity contribution >= 4 is 0 Å². The zero-order valence-corrected chi connectivity index (χ0v) is 9.21. The Morgan fingerprint density at radius 1 is 1.24 bits per heavy atom. The van der Waals surface area contributed by atoms with Crippen LogP contribution in [0, 0.1) is 0 Å². The second kappa shape index (κ2) is 3.32. The third-order valence-electron chi connectivity index (χ3n) is 3.70. The van der Waals surface area contributed by atoms with Crippen molar-refractivity contribution in [1.82, 2.24) is 0 Å². The van der Waals surface area contributed by atoms with Gasteiger partial charge < -0.3 is 15.2 Å². The molecule has 1 heterocycles. The number of benzene rings is 1. The minimum atomic E-state index is -3.56. The monoisotopic (exact) mass is 241 g/mol. The van der Waals surface area contributed by atoms with E-state index in [0.29, 0.717) is 6.54 Å². The molecule has 3 nitrogen and oxygen atoms in total. The lowest BCUT2D eigenvalue weighted by Gasteiger charge is -2.41. The lowest BCUT2D eigenvalue weighted by atomic mass is 9.64. The van der Waals surface area contributed by atoms with E-state index in [4.69, 9.17) is 5.73 Å². The van der Waals surface area contributed by atoms with E-state index in [-0.39, 0.29) is 16.9 Å². The summed E-state index contributed by atoms with van der Waals surface area (Å²) in [4.78, 5) is 0. The standard InChI is InChI=1S/C12H13F2NO2/c13-12(14)16-9-4-1-3-8(10(9)17-12)11(7-15)5-2-6-11/h1,3-4H,2,5-7,15H2. The molecule has 1 aromatic rings. The molecule has 0 bridgehead atoms. The summed E-state index contributed by atoms with van der Waals surface area (Å²) in [7, 11) is 0. The maximum Gasteiger partial charge on any atom is 0.586 e. The van der Waals surface area contributed by atoms with Gasteiger partial charge in [-0.05, 0) is 18.9 Å². The first kappa shape index (κ1) is 10.8. The van der Waals surface area contributed by atoms with Gasteiger partial charge in [0, 0.05) is 17.5 Å². The third-order valence-corrected chi connectivity index (χ3v) is 3.70. The number of para-hydroxylation sites is 1. The molecule has 0 amide bonds. The molecule has 0 spiro atoms. The molecule has 2 aliphatic rings. The van der Waals surface area contributed by atoms with Crippen LogP contribution in [0.25, 0.3) is 0 Å². The third kappa shape index (κ3) is 1.49. The fourth-order valence-corrected chi connectivity index (χ4v) is 2.57. The average molecular weight is 241 g/mol. The van der Waals surface area contributed by atoms with Gasteiger partial charge in [-0.25, -0.2) is 0 Å². The van der Waals surface area contributed by atoms with E-state index in [2.05, 4.69) is 9.47 Å². The number of rotatable bonds is 2. The van der Waals surface area contributed by atoms with E-state index in [1.807, 2.05) is 0 Å². The molecule has 1 fully saturated rings. The van der Waals surface area contributed by atoms with Crippen LogP contribution in [-0.2, 0) is 5.41 Å². The molecule has 0 atom stereocenters. The van der Waals surface area contributed by atoms with Crippen molar-refractivity contribution < 1.29 is 18.3 Å². The summed E-state index contributed by atoms with van der Waals surface area (Å²) in [6, 6.07) is 4.99. The molecule has 0 unspecified atom stereocenters.